The summed E-state index contributed by atoms with van der Waals surface area (Å²) in [5.41, 5.74) is -1.04. The minimum Gasteiger partial charge on any atom is -0.459 e. The molecule has 5 aliphatic rings. The summed E-state index contributed by atoms with van der Waals surface area (Å²) in [6.45, 7) is 4.36. The summed E-state index contributed by atoms with van der Waals surface area (Å²) in [4.78, 5) is 17.1. The van der Waals surface area contributed by atoms with Crippen LogP contribution >= 0.6 is 0 Å². The number of hydrogen-bond acceptors (Lipinski definition) is 7. The van der Waals surface area contributed by atoms with Crippen LogP contribution in [0.5, 0.6) is 0 Å². The Morgan fingerprint density at radius 2 is 2.06 bits per heavy atom. The molecule has 1 N–H and O–H groups in total. The van der Waals surface area contributed by atoms with Gasteiger partial charge in [0.2, 0.25) is 12.0 Å². The number of aldehydes is 1. The van der Waals surface area contributed by atoms with Gasteiger partial charge in [0.05, 0.1) is 19.1 Å². The highest BCUT2D eigenvalue weighted by Gasteiger charge is 2.68. The Labute approximate surface area is 185 Å². The molecule has 182 valence electrons. The van der Waals surface area contributed by atoms with Crippen molar-refractivity contribution in [3.05, 3.63) is 11.3 Å². The number of rotatable bonds is 9. The maximum Gasteiger partial charge on any atom is 0.449 e. The van der Waals surface area contributed by atoms with Gasteiger partial charge in [-0.15, -0.1) is 0 Å². The topological polar surface area (TPSA) is 77.5 Å². The van der Waals surface area contributed by atoms with E-state index in [-0.39, 0.29) is 37.1 Å². The number of nitrogens with zero attached hydrogens (tertiary/aromatic N) is 1. The van der Waals surface area contributed by atoms with Gasteiger partial charge in [0.1, 0.15) is 11.9 Å². The molecule has 6 atom stereocenters. The predicted molar refractivity (Wildman–Crippen MR) is 106 cm³/mol. The second-order valence-electron chi connectivity index (χ2n) is 9.72. The van der Waals surface area contributed by atoms with E-state index in [0.29, 0.717) is 44.4 Å². The van der Waals surface area contributed by atoms with E-state index in [9.17, 15) is 18.0 Å². The number of unbranched alkanes of at least 4 members (excludes halogenated alkanes) is 1. The standard InChI is InChI=1S/C22H32F3NO6/c1-14-5-8-21-16(13-26(10-11-27)9-3-4-12-29-28)18(22(23,24)25)30-19-17(21)15(14)6-7-20(2,31-19)32-21/h11,14-15,17,19,28H,3-10,12-13H2,1-2H3. The summed E-state index contributed by atoms with van der Waals surface area (Å²) < 4.78 is 60.7. The number of ether oxygens (including phenoxy) is 3. The van der Waals surface area contributed by atoms with Gasteiger partial charge in [-0.2, -0.15) is 13.2 Å². The number of fused-ring (bicyclic) bond motifs is 1. The van der Waals surface area contributed by atoms with Gasteiger partial charge in [-0.1, -0.05) is 6.92 Å². The fourth-order valence-electron chi connectivity index (χ4n) is 6.19. The summed E-state index contributed by atoms with van der Waals surface area (Å²) in [6, 6.07) is 0. The summed E-state index contributed by atoms with van der Waals surface area (Å²) in [5, 5.41) is 8.50. The van der Waals surface area contributed by atoms with Gasteiger partial charge in [-0.3, -0.25) is 10.2 Å². The lowest BCUT2D eigenvalue weighted by Crippen LogP contribution is -2.67. The van der Waals surface area contributed by atoms with Crippen LogP contribution in [0.4, 0.5) is 13.2 Å². The third-order valence-corrected chi connectivity index (χ3v) is 7.64. The molecule has 1 saturated carbocycles. The van der Waals surface area contributed by atoms with Gasteiger partial charge in [0.15, 0.2) is 5.79 Å². The fourth-order valence-corrected chi connectivity index (χ4v) is 6.19. The van der Waals surface area contributed by atoms with Gasteiger partial charge in [-0.25, -0.2) is 4.89 Å². The number of allylic oxidation sites excluding steroid dienone is 1. The highest BCUT2D eigenvalue weighted by Crippen LogP contribution is 2.63. The lowest BCUT2D eigenvalue weighted by Gasteiger charge is -2.60. The number of halogens is 3. The van der Waals surface area contributed by atoms with Crippen molar-refractivity contribution in [1.82, 2.24) is 4.90 Å². The molecule has 6 unspecified atom stereocenters. The third kappa shape index (κ3) is 4.20. The smallest absolute Gasteiger partial charge is 0.449 e. The fraction of sp³-hybridized carbons (Fsp3) is 0.864. The zero-order valence-corrected chi connectivity index (χ0v) is 18.5. The Kier molecular flexibility index (Phi) is 6.63. The molecule has 1 aliphatic carbocycles. The van der Waals surface area contributed by atoms with Gasteiger partial charge in [-0.05, 0) is 57.4 Å². The first kappa shape index (κ1) is 23.9. The zero-order valence-electron chi connectivity index (χ0n) is 18.5. The molecule has 4 fully saturated rings. The van der Waals surface area contributed by atoms with Crippen molar-refractivity contribution in [3.8, 4) is 0 Å². The number of carbonyl (C=O) groups excluding carboxylic acids is 1. The molecule has 3 saturated heterocycles. The van der Waals surface area contributed by atoms with Crippen LogP contribution in [0, 0.1) is 17.8 Å². The Bertz CT molecular complexity index is 746. The molecule has 7 nitrogen and oxygen atoms in total. The Morgan fingerprint density at radius 3 is 2.75 bits per heavy atom. The molecule has 0 aromatic heterocycles. The van der Waals surface area contributed by atoms with Gasteiger partial charge >= 0.3 is 6.18 Å². The molecule has 4 heterocycles. The van der Waals surface area contributed by atoms with Gasteiger partial charge < -0.3 is 19.0 Å². The van der Waals surface area contributed by atoms with Gasteiger partial charge in [0.25, 0.3) is 0 Å². The van der Waals surface area contributed by atoms with Crippen LogP contribution in [0.2, 0.25) is 0 Å². The SMILES string of the molecule is CC1CCC23OC4(C)CCC1C2C(OC(C(F)(F)F)=C3CN(CC=O)CCCCOO)O4. The maximum atomic E-state index is 14.2. The zero-order chi connectivity index (χ0) is 23.1. The Morgan fingerprint density at radius 1 is 1.28 bits per heavy atom. The molecule has 0 radical (unpaired) electrons. The molecule has 5 rings (SSSR count). The molecule has 0 aromatic rings. The van der Waals surface area contributed by atoms with Crippen LogP contribution in [-0.2, 0) is 23.9 Å². The largest absolute Gasteiger partial charge is 0.459 e. The third-order valence-electron chi connectivity index (χ3n) is 7.64. The lowest BCUT2D eigenvalue weighted by atomic mass is 9.60. The summed E-state index contributed by atoms with van der Waals surface area (Å²) in [6.07, 6.45) is -1.27. The molecule has 10 heteroatoms. The number of alkyl halides is 3. The highest BCUT2D eigenvalue weighted by molar-refractivity contribution is 5.52. The average molecular weight is 463 g/mol. The van der Waals surface area contributed by atoms with Crippen LogP contribution in [0.15, 0.2) is 11.3 Å². The number of hydrogen-bond donors (Lipinski definition) is 1. The first-order valence-electron chi connectivity index (χ1n) is 11.4. The van der Waals surface area contributed by atoms with E-state index >= 15 is 0 Å². The van der Waals surface area contributed by atoms with E-state index in [1.165, 1.54) is 0 Å². The second kappa shape index (κ2) is 8.87. The minimum absolute atomic E-state index is 0.00755. The molecule has 0 spiro atoms. The average Bonchev–Trinajstić information content (AvgIpc) is 2.92. The van der Waals surface area contributed by atoms with Gasteiger partial charge in [0, 0.05) is 18.5 Å². The van der Waals surface area contributed by atoms with E-state index in [1.807, 2.05) is 0 Å². The quantitative estimate of drug-likeness (QED) is 0.241. The molecule has 5 bridgehead atoms. The molecular formula is C22H32F3NO6. The predicted octanol–water partition coefficient (Wildman–Crippen LogP) is 3.89. The van der Waals surface area contributed by atoms with Crippen molar-refractivity contribution in [2.75, 3.05) is 26.2 Å². The Balaban J connectivity index is 1.74. The van der Waals surface area contributed by atoms with Crippen LogP contribution in [0.25, 0.3) is 0 Å². The first-order chi connectivity index (χ1) is 15.1. The van der Waals surface area contributed by atoms with E-state index in [1.54, 1.807) is 11.8 Å². The van der Waals surface area contributed by atoms with Crippen molar-refractivity contribution < 1.29 is 42.3 Å². The van der Waals surface area contributed by atoms with E-state index in [2.05, 4.69) is 11.8 Å². The summed E-state index contributed by atoms with van der Waals surface area (Å²) in [7, 11) is 0. The molecule has 0 amide bonds. The minimum atomic E-state index is -4.70. The van der Waals surface area contributed by atoms with Crippen LogP contribution in [-0.4, -0.2) is 66.5 Å². The summed E-state index contributed by atoms with van der Waals surface area (Å²) in [5.74, 6) is -1.88. The Hall–Kier alpha value is -1.20. The second-order valence-corrected chi connectivity index (χ2v) is 9.72. The summed E-state index contributed by atoms with van der Waals surface area (Å²) >= 11 is 0. The molecule has 0 aromatic carbocycles. The van der Waals surface area contributed by atoms with Crippen LogP contribution in [0.1, 0.15) is 52.4 Å². The van der Waals surface area contributed by atoms with Crippen LogP contribution < -0.4 is 0 Å². The molecule has 32 heavy (non-hydrogen) atoms. The molecular weight excluding hydrogens is 431 g/mol. The monoisotopic (exact) mass is 463 g/mol. The number of carbonyl (C=O) groups is 1. The van der Waals surface area contributed by atoms with E-state index in [0.717, 1.165) is 12.8 Å². The first-order valence-corrected chi connectivity index (χ1v) is 11.4. The van der Waals surface area contributed by atoms with Crippen molar-refractivity contribution in [2.45, 2.75) is 76.2 Å². The van der Waals surface area contributed by atoms with Crippen molar-refractivity contribution in [2.24, 2.45) is 17.8 Å². The van der Waals surface area contributed by atoms with Crippen LogP contribution in [0.3, 0.4) is 0 Å². The van der Waals surface area contributed by atoms with E-state index < -0.39 is 29.6 Å². The molecule has 4 aliphatic heterocycles. The van der Waals surface area contributed by atoms with Crippen molar-refractivity contribution in [1.29, 1.82) is 0 Å². The van der Waals surface area contributed by atoms with Crippen molar-refractivity contribution >= 4 is 6.29 Å². The maximum absolute atomic E-state index is 14.2. The van der Waals surface area contributed by atoms with E-state index in [4.69, 9.17) is 19.5 Å². The lowest BCUT2D eigenvalue weighted by molar-refractivity contribution is -0.413. The van der Waals surface area contributed by atoms with Crippen molar-refractivity contribution in [3.63, 3.8) is 0 Å². The highest BCUT2D eigenvalue weighted by atomic mass is 19.4. The normalized spacial score (nSPS) is 38.6.